The standard InChI is InChI=1S/C19H24N4O2/c1-22(2)18-13-20-16(12-21-18)19(24)23-10-8-14(9-11-25-3)15-6-4-5-7-17(15)23/h4-7,12-14H,8-11H2,1-3H3. The quantitative estimate of drug-likeness (QED) is 0.837. The molecule has 25 heavy (non-hydrogen) atoms. The summed E-state index contributed by atoms with van der Waals surface area (Å²) in [6, 6.07) is 8.11. The molecule has 3 rings (SSSR count). The van der Waals surface area contributed by atoms with Crippen LogP contribution < -0.4 is 9.80 Å². The Balaban J connectivity index is 1.85. The van der Waals surface area contributed by atoms with Crippen LogP contribution in [-0.2, 0) is 4.74 Å². The number of ether oxygens (including phenoxy) is 1. The molecule has 2 heterocycles. The maximum Gasteiger partial charge on any atom is 0.278 e. The molecule has 1 aromatic heterocycles. The molecular weight excluding hydrogens is 316 g/mol. The molecule has 1 aromatic carbocycles. The first kappa shape index (κ1) is 17.4. The fourth-order valence-corrected chi connectivity index (χ4v) is 3.21. The molecule has 0 fully saturated rings. The van der Waals surface area contributed by atoms with Gasteiger partial charge in [0.05, 0.1) is 12.4 Å². The van der Waals surface area contributed by atoms with E-state index in [4.69, 9.17) is 4.74 Å². The lowest BCUT2D eigenvalue weighted by molar-refractivity contribution is 0.0978. The van der Waals surface area contributed by atoms with Gasteiger partial charge in [-0.3, -0.25) is 4.79 Å². The number of aromatic nitrogens is 2. The van der Waals surface area contributed by atoms with Crippen LogP contribution in [0.3, 0.4) is 0 Å². The minimum absolute atomic E-state index is 0.101. The van der Waals surface area contributed by atoms with Crippen molar-refractivity contribution in [2.24, 2.45) is 0 Å². The molecule has 0 spiro atoms. The highest BCUT2D eigenvalue weighted by Gasteiger charge is 2.29. The highest BCUT2D eigenvalue weighted by atomic mass is 16.5. The second-order valence-electron chi connectivity index (χ2n) is 6.44. The Labute approximate surface area is 148 Å². The first-order chi connectivity index (χ1) is 12.1. The lowest BCUT2D eigenvalue weighted by Gasteiger charge is -2.34. The predicted octanol–water partition coefficient (Wildman–Crippen LogP) is 2.71. The van der Waals surface area contributed by atoms with E-state index in [0.29, 0.717) is 18.2 Å². The van der Waals surface area contributed by atoms with Crippen LogP contribution in [0.25, 0.3) is 0 Å². The number of carbonyl (C=O) groups is 1. The van der Waals surface area contributed by atoms with Gasteiger partial charge in [0.1, 0.15) is 11.5 Å². The molecule has 1 amide bonds. The third kappa shape index (κ3) is 3.64. The van der Waals surface area contributed by atoms with Crippen molar-refractivity contribution in [1.29, 1.82) is 0 Å². The number of hydrogen-bond acceptors (Lipinski definition) is 5. The van der Waals surface area contributed by atoms with Gasteiger partial charge in [0.2, 0.25) is 0 Å². The minimum Gasteiger partial charge on any atom is -0.385 e. The molecular formula is C19H24N4O2. The van der Waals surface area contributed by atoms with Crippen molar-refractivity contribution in [3.63, 3.8) is 0 Å². The molecule has 2 aromatic rings. The first-order valence-corrected chi connectivity index (χ1v) is 8.51. The van der Waals surface area contributed by atoms with Crippen LogP contribution in [0, 0.1) is 0 Å². The van der Waals surface area contributed by atoms with Crippen LogP contribution in [0.4, 0.5) is 11.5 Å². The van der Waals surface area contributed by atoms with Crippen molar-refractivity contribution in [3.8, 4) is 0 Å². The molecule has 0 radical (unpaired) electrons. The number of para-hydroxylation sites is 1. The Kier molecular flexibility index (Phi) is 5.28. The number of carbonyl (C=O) groups excluding carboxylic acids is 1. The van der Waals surface area contributed by atoms with E-state index >= 15 is 0 Å². The van der Waals surface area contributed by atoms with Crippen molar-refractivity contribution in [2.75, 3.05) is 44.2 Å². The van der Waals surface area contributed by atoms with E-state index in [0.717, 1.165) is 31.0 Å². The monoisotopic (exact) mass is 340 g/mol. The van der Waals surface area contributed by atoms with E-state index in [2.05, 4.69) is 16.0 Å². The van der Waals surface area contributed by atoms with Gasteiger partial charge in [0.25, 0.3) is 5.91 Å². The van der Waals surface area contributed by atoms with Crippen LogP contribution in [0.1, 0.15) is 34.8 Å². The third-order valence-electron chi connectivity index (χ3n) is 4.60. The van der Waals surface area contributed by atoms with Crippen molar-refractivity contribution < 1.29 is 9.53 Å². The summed E-state index contributed by atoms with van der Waals surface area (Å²) in [7, 11) is 5.51. The van der Waals surface area contributed by atoms with Gasteiger partial charge in [-0.25, -0.2) is 9.97 Å². The molecule has 6 nitrogen and oxygen atoms in total. The lowest BCUT2D eigenvalue weighted by atomic mass is 9.87. The summed E-state index contributed by atoms with van der Waals surface area (Å²) in [5.74, 6) is 1.05. The van der Waals surface area contributed by atoms with Crippen LogP contribution in [0.5, 0.6) is 0 Å². The fraction of sp³-hybridized carbons (Fsp3) is 0.421. The topological polar surface area (TPSA) is 58.6 Å². The van der Waals surface area contributed by atoms with Crippen molar-refractivity contribution >= 4 is 17.4 Å². The number of anilines is 2. The highest BCUT2D eigenvalue weighted by molar-refractivity contribution is 6.05. The lowest BCUT2D eigenvalue weighted by Crippen LogP contribution is -2.37. The van der Waals surface area contributed by atoms with E-state index in [1.165, 1.54) is 5.56 Å². The molecule has 0 N–H and O–H groups in total. The van der Waals surface area contributed by atoms with Gasteiger partial charge in [0.15, 0.2) is 0 Å². The van der Waals surface area contributed by atoms with Gasteiger partial charge >= 0.3 is 0 Å². The molecule has 0 bridgehead atoms. The van der Waals surface area contributed by atoms with Gasteiger partial charge in [-0.05, 0) is 30.4 Å². The Morgan fingerprint density at radius 2 is 2.08 bits per heavy atom. The maximum atomic E-state index is 12.9. The number of amides is 1. The second kappa shape index (κ2) is 7.61. The van der Waals surface area contributed by atoms with Crippen LogP contribution in [0.15, 0.2) is 36.7 Å². The summed E-state index contributed by atoms with van der Waals surface area (Å²) >= 11 is 0. The zero-order chi connectivity index (χ0) is 17.8. The number of nitrogens with zero attached hydrogens (tertiary/aromatic N) is 4. The zero-order valence-corrected chi connectivity index (χ0v) is 15.0. The minimum atomic E-state index is -0.101. The molecule has 0 saturated heterocycles. The number of fused-ring (bicyclic) bond motifs is 1. The molecule has 132 valence electrons. The summed E-state index contributed by atoms with van der Waals surface area (Å²) in [5.41, 5.74) is 2.55. The Morgan fingerprint density at radius 1 is 1.28 bits per heavy atom. The van der Waals surface area contributed by atoms with Crippen LogP contribution in [0.2, 0.25) is 0 Å². The Hall–Kier alpha value is -2.47. The molecule has 6 heteroatoms. The van der Waals surface area contributed by atoms with Gasteiger partial charge in [-0.1, -0.05) is 18.2 Å². The van der Waals surface area contributed by atoms with Crippen LogP contribution in [-0.4, -0.2) is 50.2 Å². The molecule has 1 unspecified atom stereocenters. The molecule has 1 atom stereocenters. The largest absolute Gasteiger partial charge is 0.385 e. The molecule has 0 saturated carbocycles. The second-order valence-corrected chi connectivity index (χ2v) is 6.44. The van der Waals surface area contributed by atoms with E-state index in [9.17, 15) is 4.79 Å². The summed E-state index contributed by atoms with van der Waals surface area (Å²) in [5, 5.41) is 0. The number of rotatable bonds is 5. The first-order valence-electron chi connectivity index (χ1n) is 8.51. The molecule has 1 aliphatic heterocycles. The smallest absolute Gasteiger partial charge is 0.278 e. The fourth-order valence-electron chi connectivity index (χ4n) is 3.21. The van der Waals surface area contributed by atoms with Gasteiger partial charge in [0, 0.05) is 40.0 Å². The van der Waals surface area contributed by atoms with Crippen LogP contribution >= 0.6 is 0 Å². The van der Waals surface area contributed by atoms with E-state index in [1.807, 2.05) is 42.1 Å². The van der Waals surface area contributed by atoms with Crippen molar-refractivity contribution in [1.82, 2.24) is 9.97 Å². The van der Waals surface area contributed by atoms with Gasteiger partial charge < -0.3 is 14.5 Å². The summed E-state index contributed by atoms with van der Waals surface area (Å²) in [6.45, 7) is 1.41. The number of benzene rings is 1. The van der Waals surface area contributed by atoms with Crippen molar-refractivity contribution in [2.45, 2.75) is 18.8 Å². The number of hydrogen-bond donors (Lipinski definition) is 0. The number of methoxy groups -OCH3 is 1. The molecule has 0 aliphatic carbocycles. The normalized spacial score (nSPS) is 16.4. The highest BCUT2D eigenvalue weighted by Crippen LogP contribution is 2.37. The van der Waals surface area contributed by atoms with Gasteiger partial charge in [-0.2, -0.15) is 0 Å². The average Bonchev–Trinajstić information content (AvgIpc) is 2.65. The SMILES string of the molecule is COCCC1CCN(C(=O)c2cnc(N(C)C)cn2)c2ccccc21. The average molecular weight is 340 g/mol. The van der Waals surface area contributed by atoms with E-state index in [-0.39, 0.29) is 5.91 Å². The predicted molar refractivity (Wildman–Crippen MR) is 98.3 cm³/mol. The van der Waals surface area contributed by atoms with Crippen molar-refractivity contribution in [3.05, 3.63) is 47.9 Å². The third-order valence-corrected chi connectivity index (χ3v) is 4.60. The van der Waals surface area contributed by atoms with Gasteiger partial charge in [-0.15, -0.1) is 0 Å². The van der Waals surface area contributed by atoms with E-state index in [1.54, 1.807) is 19.5 Å². The Bertz CT molecular complexity index is 730. The Morgan fingerprint density at radius 3 is 2.76 bits per heavy atom. The van der Waals surface area contributed by atoms with E-state index < -0.39 is 0 Å². The zero-order valence-electron chi connectivity index (χ0n) is 15.0. The summed E-state index contributed by atoms with van der Waals surface area (Å²) < 4.78 is 5.23. The summed E-state index contributed by atoms with van der Waals surface area (Å²) in [6.07, 6.45) is 5.07. The maximum absolute atomic E-state index is 12.9. The summed E-state index contributed by atoms with van der Waals surface area (Å²) in [4.78, 5) is 25.2. The molecule has 1 aliphatic rings.